The van der Waals surface area contributed by atoms with Crippen LogP contribution in [-0.4, -0.2) is 25.8 Å². The molecule has 0 aromatic carbocycles. The Morgan fingerprint density at radius 3 is 2.58 bits per heavy atom. The second-order valence-electron chi connectivity index (χ2n) is 3.13. The maximum atomic E-state index is 10.8. The number of ether oxygens (including phenoxy) is 2. The van der Waals surface area contributed by atoms with E-state index in [-0.39, 0.29) is 12.6 Å². The fraction of sp³-hybridized carbons (Fsp3) is 0.889. The molecule has 0 unspecified atom stereocenters. The molecular formula is C9H18O3. The minimum Gasteiger partial charge on any atom is -0.464 e. The molecule has 0 aliphatic carbocycles. The van der Waals surface area contributed by atoms with Gasteiger partial charge in [-0.1, -0.05) is 20.8 Å². The first-order valence-electron chi connectivity index (χ1n) is 4.40. The minimum atomic E-state index is -0.266. The highest BCUT2D eigenvalue weighted by Gasteiger charge is 2.02. The van der Waals surface area contributed by atoms with Gasteiger partial charge < -0.3 is 9.47 Å². The molecule has 0 aliphatic rings. The molecule has 72 valence electrons. The van der Waals surface area contributed by atoms with Crippen molar-refractivity contribution in [1.82, 2.24) is 0 Å². The molecule has 0 spiro atoms. The Bertz CT molecular complexity index is 121. The van der Waals surface area contributed by atoms with E-state index < -0.39 is 0 Å². The van der Waals surface area contributed by atoms with Crippen LogP contribution < -0.4 is 0 Å². The summed E-state index contributed by atoms with van der Waals surface area (Å²) >= 11 is 0. The lowest BCUT2D eigenvalue weighted by molar-refractivity contribution is -0.149. The van der Waals surface area contributed by atoms with Gasteiger partial charge in [0, 0.05) is 6.61 Å². The predicted octanol–water partition coefficient (Wildman–Crippen LogP) is 1.61. The SMILES string of the molecule is CCCOC(=O)COCC(C)C. The quantitative estimate of drug-likeness (QED) is 0.574. The number of esters is 1. The van der Waals surface area contributed by atoms with Crippen molar-refractivity contribution in [3.8, 4) is 0 Å². The Morgan fingerprint density at radius 2 is 2.08 bits per heavy atom. The van der Waals surface area contributed by atoms with Crippen LogP contribution in [0.25, 0.3) is 0 Å². The Morgan fingerprint density at radius 1 is 1.42 bits per heavy atom. The molecule has 0 rings (SSSR count). The van der Waals surface area contributed by atoms with Crippen molar-refractivity contribution in [3.63, 3.8) is 0 Å². The Balaban J connectivity index is 3.20. The molecule has 0 aliphatic heterocycles. The summed E-state index contributed by atoms with van der Waals surface area (Å²) in [6.45, 7) is 7.22. The standard InChI is InChI=1S/C9H18O3/c1-4-5-12-9(10)7-11-6-8(2)3/h8H,4-7H2,1-3H3. The summed E-state index contributed by atoms with van der Waals surface area (Å²) in [6, 6.07) is 0. The minimum absolute atomic E-state index is 0.0815. The second-order valence-corrected chi connectivity index (χ2v) is 3.13. The van der Waals surface area contributed by atoms with Gasteiger partial charge in [-0.25, -0.2) is 4.79 Å². The number of hydrogen-bond acceptors (Lipinski definition) is 3. The summed E-state index contributed by atoms with van der Waals surface area (Å²) in [4.78, 5) is 10.8. The van der Waals surface area contributed by atoms with E-state index in [0.29, 0.717) is 19.1 Å². The van der Waals surface area contributed by atoms with Crippen LogP contribution >= 0.6 is 0 Å². The van der Waals surface area contributed by atoms with E-state index in [0.717, 1.165) is 6.42 Å². The van der Waals surface area contributed by atoms with Gasteiger partial charge >= 0.3 is 5.97 Å². The lowest BCUT2D eigenvalue weighted by Gasteiger charge is -2.06. The van der Waals surface area contributed by atoms with Gasteiger partial charge in [-0.3, -0.25) is 0 Å². The number of rotatable bonds is 6. The van der Waals surface area contributed by atoms with Gasteiger partial charge in [-0.15, -0.1) is 0 Å². The maximum Gasteiger partial charge on any atom is 0.332 e. The Kier molecular flexibility index (Phi) is 6.76. The van der Waals surface area contributed by atoms with E-state index >= 15 is 0 Å². The zero-order valence-electron chi connectivity index (χ0n) is 8.13. The van der Waals surface area contributed by atoms with Crippen molar-refractivity contribution < 1.29 is 14.3 Å². The van der Waals surface area contributed by atoms with Crippen LogP contribution in [0.3, 0.4) is 0 Å². The van der Waals surface area contributed by atoms with Crippen molar-refractivity contribution in [3.05, 3.63) is 0 Å². The van der Waals surface area contributed by atoms with Crippen molar-refractivity contribution >= 4 is 5.97 Å². The fourth-order valence-electron chi connectivity index (χ4n) is 0.636. The van der Waals surface area contributed by atoms with Crippen LogP contribution in [0, 0.1) is 5.92 Å². The highest BCUT2D eigenvalue weighted by molar-refractivity contribution is 5.70. The first-order chi connectivity index (χ1) is 5.66. The van der Waals surface area contributed by atoms with Gasteiger partial charge in [-0.2, -0.15) is 0 Å². The second kappa shape index (κ2) is 7.10. The van der Waals surface area contributed by atoms with Crippen LogP contribution in [0.5, 0.6) is 0 Å². The van der Waals surface area contributed by atoms with E-state index in [1.807, 2.05) is 20.8 Å². The van der Waals surface area contributed by atoms with Crippen LogP contribution in [0.4, 0.5) is 0 Å². The molecule has 0 fully saturated rings. The van der Waals surface area contributed by atoms with Gasteiger partial charge in [0.1, 0.15) is 6.61 Å². The molecule has 0 N–H and O–H groups in total. The van der Waals surface area contributed by atoms with E-state index in [2.05, 4.69) is 0 Å². The highest BCUT2D eigenvalue weighted by atomic mass is 16.6. The lowest BCUT2D eigenvalue weighted by Crippen LogP contribution is -2.15. The van der Waals surface area contributed by atoms with Crippen molar-refractivity contribution in [2.45, 2.75) is 27.2 Å². The summed E-state index contributed by atoms with van der Waals surface area (Å²) in [5, 5.41) is 0. The topological polar surface area (TPSA) is 35.5 Å². The Hall–Kier alpha value is -0.570. The fourth-order valence-corrected chi connectivity index (χ4v) is 0.636. The summed E-state index contributed by atoms with van der Waals surface area (Å²) in [5.41, 5.74) is 0. The average molecular weight is 174 g/mol. The van der Waals surface area contributed by atoms with Gasteiger partial charge in [-0.05, 0) is 12.3 Å². The molecule has 0 amide bonds. The van der Waals surface area contributed by atoms with Crippen LogP contribution in [0.1, 0.15) is 27.2 Å². The molecular weight excluding hydrogens is 156 g/mol. The average Bonchev–Trinajstić information content (AvgIpc) is 2.00. The van der Waals surface area contributed by atoms with Crippen molar-refractivity contribution in [1.29, 1.82) is 0 Å². The third kappa shape index (κ3) is 7.54. The maximum absolute atomic E-state index is 10.8. The van der Waals surface area contributed by atoms with Crippen molar-refractivity contribution in [2.75, 3.05) is 19.8 Å². The van der Waals surface area contributed by atoms with E-state index in [1.165, 1.54) is 0 Å². The normalized spacial score (nSPS) is 10.3. The molecule has 0 saturated carbocycles. The monoisotopic (exact) mass is 174 g/mol. The van der Waals surface area contributed by atoms with Gasteiger partial charge in [0.05, 0.1) is 6.61 Å². The predicted molar refractivity (Wildman–Crippen MR) is 46.9 cm³/mol. The Labute approximate surface area is 74.0 Å². The summed E-state index contributed by atoms with van der Waals surface area (Å²) in [6.07, 6.45) is 0.857. The van der Waals surface area contributed by atoms with Crippen LogP contribution in [0.15, 0.2) is 0 Å². The molecule has 0 heterocycles. The van der Waals surface area contributed by atoms with Crippen molar-refractivity contribution in [2.24, 2.45) is 5.92 Å². The smallest absolute Gasteiger partial charge is 0.332 e. The third-order valence-corrected chi connectivity index (χ3v) is 1.14. The lowest BCUT2D eigenvalue weighted by atomic mass is 10.2. The molecule has 0 aromatic rings. The zero-order chi connectivity index (χ0) is 9.40. The molecule has 3 heteroatoms. The van der Waals surface area contributed by atoms with Gasteiger partial charge in [0.2, 0.25) is 0 Å². The first kappa shape index (κ1) is 11.4. The summed E-state index contributed by atoms with van der Waals surface area (Å²) in [5.74, 6) is 0.196. The van der Waals surface area contributed by atoms with E-state index in [9.17, 15) is 4.79 Å². The number of carbonyl (C=O) groups is 1. The van der Waals surface area contributed by atoms with E-state index in [4.69, 9.17) is 9.47 Å². The molecule has 3 nitrogen and oxygen atoms in total. The molecule has 0 aromatic heterocycles. The van der Waals surface area contributed by atoms with Crippen LogP contribution in [0.2, 0.25) is 0 Å². The van der Waals surface area contributed by atoms with Gasteiger partial charge in [0.15, 0.2) is 0 Å². The van der Waals surface area contributed by atoms with Crippen LogP contribution in [-0.2, 0) is 14.3 Å². The number of carbonyl (C=O) groups excluding carboxylic acids is 1. The third-order valence-electron chi connectivity index (χ3n) is 1.14. The molecule has 0 atom stereocenters. The highest BCUT2D eigenvalue weighted by Crippen LogP contribution is 1.92. The largest absolute Gasteiger partial charge is 0.464 e. The first-order valence-corrected chi connectivity index (χ1v) is 4.40. The zero-order valence-corrected chi connectivity index (χ0v) is 8.13. The molecule has 12 heavy (non-hydrogen) atoms. The molecule has 0 saturated heterocycles. The van der Waals surface area contributed by atoms with E-state index in [1.54, 1.807) is 0 Å². The van der Waals surface area contributed by atoms with Gasteiger partial charge in [0.25, 0.3) is 0 Å². The summed E-state index contributed by atoms with van der Waals surface area (Å²) < 4.78 is 9.89. The number of hydrogen-bond donors (Lipinski definition) is 0. The summed E-state index contributed by atoms with van der Waals surface area (Å²) in [7, 11) is 0. The molecule has 0 bridgehead atoms. The molecule has 0 radical (unpaired) electrons.